The summed E-state index contributed by atoms with van der Waals surface area (Å²) in [7, 11) is 0. The summed E-state index contributed by atoms with van der Waals surface area (Å²) in [6.45, 7) is 11.2. The fraction of sp³-hybridized carbons (Fsp3) is 0.714. The van der Waals surface area contributed by atoms with Gasteiger partial charge in [-0.15, -0.1) is 0 Å². The lowest BCUT2D eigenvalue weighted by Crippen LogP contribution is -2.20. The van der Waals surface area contributed by atoms with Crippen LogP contribution in [0.15, 0.2) is 6.33 Å². The van der Waals surface area contributed by atoms with Gasteiger partial charge in [0, 0.05) is 11.5 Å². The summed E-state index contributed by atoms with van der Waals surface area (Å²) in [6, 6.07) is 0. The second-order valence-electron chi connectivity index (χ2n) is 6.20. The minimum absolute atomic E-state index is 0.152. The van der Waals surface area contributed by atoms with Gasteiger partial charge in [-0.05, 0) is 24.2 Å². The first-order chi connectivity index (χ1) is 7.41. The molecule has 1 fully saturated rings. The van der Waals surface area contributed by atoms with Gasteiger partial charge in [0.05, 0.1) is 11.4 Å². The summed E-state index contributed by atoms with van der Waals surface area (Å²) in [5.74, 6) is 1.18. The molecule has 1 aromatic heterocycles. The molecule has 1 aliphatic carbocycles. The third-order valence-electron chi connectivity index (χ3n) is 3.17. The molecule has 1 saturated carbocycles. The Hall–Kier alpha value is -0.920. The van der Waals surface area contributed by atoms with Crippen LogP contribution < -0.4 is 0 Å². The van der Waals surface area contributed by atoms with Crippen molar-refractivity contribution in [3.05, 3.63) is 23.3 Å². The fourth-order valence-corrected chi connectivity index (χ4v) is 2.29. The molecule has 2 nitrogen and oxygen atoms in total. The third kappa shape index (κ3) is 2.11. The van der Waals surface area contributed by atoms with E-state index in [4.69, 9.17) is 0 Å². The lowest BCUT2D eigenvalue weighted by Gasteiger charge is -2.26. The maximum atomic E-state index is 4.54. The molecule has 0 aliphatic heterocycles. The molecule has 0 unspecified atom stereocenters. The van der Waals surface area contributed by atoms with Crippen molar-refractivity contribution < 1.29 is 0 Å². The highest BCUT2D eigenvalue weighted by atomic mass is 14.9. The standard InChI is InChI=1S/C14H22N2/c1-9(2)12-11(14(3,4)5)13(10-6-7-10)16-8-15-12/h8-10H,6-7H2,1-5H3. The molecule has 0 radical (unpaired) electrons. The van der Waals surface area contributed by atoms with Crippen LogP contribution in [-0.2, 0) is 5.41 Å². The second kappa shape index (κ2) is 3.83. The van der Waals surface area contributed by atoms with Crippen LogP contribution in [0.3, 0.4) is 0 Å². The highest BCUT2D eigenvalue weighted by Crippen LogP contribution is 2.44. The Kier molecular flexibility index (Phi) is 2.77. The van der Waals surface area contributed by atoms with Gasteiger partial charge in [-0.1, -0.05) is 34.6 Å². The van der Waals surface area contributed by atoms with Crippen LogP contribution in [0.1, 0.15) is 76.2 Å². The summed E-state index contributed by atoms with van der Waals surface area (Å²) in [6.07, 6.45) is 4.35. The summed E-state index contributed by atoms with van der Waals surface area (Å²) in [4.78, 5) is 9.04. The minimum atomic E-state index is 0.152. The molecule has 0 amide bonds. The second-order valence-corrected chi connectivity index (χ2v) is 6.20. The lowest BCUT2D eigenvalue weighted by atomic mass is 9.81. The predicted octanol–water partition coefficient (Wildman–Crippen LogP) is 3.77. The Bertz CT molecular complexity index is 364. The largest absolute Gasteiger partial charge is 0.241 e. The van der Waals surface area contributed by atoms with Crippen molar-refractivity contribution in [1.29, 1.82) is 0 Å². The molecule has 0 aromatic carbocycles. The van der Waals surface area contributed by atoms with Crippen molar-refractivity contribution in [2.45, 2.75) is 64.7 Å². The summed E-state index contributed by atoms with van der Waals surface area (Å²) in [5.41, 5.74) is 4.10. The maximum Gasteiger partial charge on any atom is 0.115 e. The van der Waals surface area contributed by atoms with E-state index in [1.807, 2.05) is 0 Å². The van der Waals surface area contributed by atoms with E-state index in [0.29, 0.717) is 11.8 Å². The lowest BCUT2D eigenvalue weighted by molar-refractivity contribution is 0.555. The normalized spacial score (nSPS) is 16.9. The third-order valence-corrected chi connectivity index (χ3v) is 3.17. The molecule has 2 heteroatoms. The highest BCUT2D eigenvalue weighted by Gasteiger charge is 2.33. The van der Waals surface area contributed by atoms with E-state index in [0.717, 1.165) is 0 Å². The van der Waals surface area contributed by atoms with E-state index < -0.39 is 0 Å². The number of nitrogens with zero attached hydrogens (tertiary/aromatic N) is 2. The predicted molar refractivity (Wildman–Crippen MR) is 66.8 cm³/mol. The van der Waals surface area contributed by atoms with Gasteiger partial charge in [0.15, 0.2) is 0 Å². The van der Waals surface area contributed by atoms with Gasteiger partial charge in [0.2, 0.25) is 0 Å². The number of hydrogen-bond donors (Lipinski definition) is 0. The summed E-state index contributed by atoms with van der Waals surface area (Å²) < 4.78 is 0. The minimum Gasteiger partial charge on any atom is -0.241 e. The molecule has 0 bridgehead atoms. The molecule has 2 rings (SSSR count). The zero-order valence-corrected chi connectivity index (χ0v) is 11.0. The van der Waals surface area contributed by atoms with Crippen molar-refractivity contribution >= 4 is 0 Å². The first-order valence-electron chi connectivity index (χ1n) is 6.26. The van der Waals surface area contributed by atoms with Crippen molar-refractivity contribution in [3.63, 3.8) is 0 Å². The summed E-state index contributed by atoms with van der Waals surface area (Å²) >= 11 is 0. The van der Waals surface area contributed by atoms with E-state index in [9.17, 15) is 0 Å². The molecule has 1 aromatic rings. The summed E-state index contributed by atoms with van der Waals surface area (Å²) in [5, 5.41) is 0. The van der Waals surface area contributed by atoms with Gasteiger partial charge in [0.25, 0.3) is 0 Å². The smallest absolute Gasteiger partial charge is 0.115 e. The van der Waals surface area contributed by atoms with Gasteiger partial charge in [0.1, 0.15) is 6.33 Å². The van der Waals surface area contributed by atoms with Gasteiger partial charge >= 0.3 is 0 Å². The Morgan fingerprint density at radius 1 is 1.19 bits per heavy atom. The average molecular weight is 218 g/mol. The fourth-order valence-electron chi connectivity index (χ4n) is 2.29. The van der Waals surface area contributed by atoms with Gasteiger partial charge in [-0.3, -0.25) is 0 Å². The van der Waals surface area contributed by atoms with Gasteiger partial charge in [-0.25, -0.2) is 9.97 Å². The van der Waals surface area contributed by atoms with Crippen LogP contribution in [-0.4, -0.2) is 9.97 Å². The van der Waals surface area contributed by atoms with Gasteiger partial charge in [-0.2, -0.15) is 0 Å². The molecule has 16 heavy (non-hydrogen) atoms. The zero-order chi connectivity index (χ0) is 11.9. The SMILES string of the molecule is CC(C)c1ncnc(C2CC2)c1C(C)(C)C. The number of aromatic nitrogens is 2. The Morgan fingerprint density at radius 2 is 1.81 bits per heavy atom. The number of rotatable bonds is 2. The van der Waals surface area contributed by atoms with Crippen LogP contribution in [0.25, 0.3) is 0 Å². The van der Waals surface area contributed by atoms with E-state index in [1.54, 1.807) is 6.33 Å². The van der Waals surface area contributed by atoms with E-state index in [2.05, 4.69) is 44.6 Å². The van der Waals surface area contributed by atoms with Gasteiger partial charge < -0.3 is 0 Å². The Balaban J connectivity index is 2.57. The van der Waals surface area contributed by atoms with Crippen LogP contribution in [0.5, 0.6) is 0 Å². The molecule has 0 spiro atoms. The Labute approximate surface area is 98.5 Å². The maximum absolute atomic E-state index is 4.54. The van der Waals surface area contributed by atoms with Crippen molar-refractivity contribution in [1.82, 2.24) is 9.97 Å². The van der Waals surface area contributed by atoms with E-state index in [1.165, 1.54) is 29.8 Å². The average Bonchev–Trinajstić information content (AvgIpc) is 2.98. The topological polar surface area (TPSA) is 25.8 Å². The van der Waals surface area contributed by atoms with Crippen LogP contribution in [0, 0.1) is 0 Å². The van der Waals surface area contributed by atoms with E-state index in [-0.39, 0.29) is 5.41 Å². The molecule has 1 heterocycles. The molecule has 0 N–H and O–H groups in total. The quantitative estimate of drug-likeness (QED) is 0.755. The van der Waals surface area contributed by atoms with Crippen LogP contribution in [0.4, 0.5) is 0 Å². The first kappa shape index (κ1) is 11.6. The molecule has 88 valence electrons. The monoisotopic (exact) mass is 218 g/mol. The van der Waals surface area contributed by atoms with Crippen molar-refractivity contribution in [3.8, 4) is 0 Å². The molecular weight excluding hydrogens is 196 g/mol. The molecule has 0 atom stereocenters. The van der Waals surface area contributed by atoms with Crippen molar-refractivity contribution in [2.24, 2.45) is 0 Å². The van der Waals surface area contributed by atoms with Crippen LogP contribution in [0.2, 0.25) is 0 Å². The van der Waals surface area contributed by atoms with Crippen LogP contribution >= 0.6 is 0 Å². The molecule has 1 aliphatic rings. The molecular formula is C14H22N2. The van der Waals surface area contributed by atoms with Crippen molar-refractivity contribution in [2.75, 3.05) is 0 Å². The highest BCUT2D eigenvalue weighted by molar-refractivity contribution is 5.37. The molecule has 0 saturated heterocycles. The zero-order valence-electron chi connectivity index (χ0n) is 11.0. The Morgan fingerprint density at radius 3 is 2.25 bits per heavy atom. The first-order valence-corrected chi connectivity index (χ1v) is 6.26. The number of hydrogen-bond acceptors (Lipinski definition) is 2. The van der Waals surface area contributed by atoms with E-state index >= 15 is 0 Å².